The molecule has 0 fully saturated rings. The van der Waals surface area contributed by atoms with E-state index in [1.165, 1.54) is 0 Å². The molecule has 0 unspecified atom stereocenters. The molecular formula is C21H21N3O2. The maximum atomic E-state index is 12.8. The molecule has 0 aliphatic heterocycles. The molecule has 0 aliphatic carbocycles. The smallest absolute Gasteiger partial charge is 0.257 e. The predicted octanol–water partition coefficient (Wildman–Crippen LogP) is 4.70. The van der Waals surface area contributed by atoms with Crippen molar-refractivity contribution in [3.05, 3.63) is 77.5 Å². The van der Waals surface area contributed by atoms with Gasteiger partial charge in [-0.1, -0.05) is 30.3 Å². The van der Waals surface area contributed by atoms with Gasteiger partial charge in [0.05, 0.1) is 29.7 Å². The van der Waals surface area contributed by atoms with Crippen molar-refractivity contribution in [3.8, 4) is 5.88 Å². The van der Waals surface area contributed by atoms with E-state index in [2.05, 4.69) is 15.6 Å². The highest BCUT2D eigenvalue weighted by atomic mass is 16.5. The third-order valence-corrected chi connectivity index (χ3v) is 4.10. The largest absolute Gasteiger partial charge is 0.481 e. The van der Waals surface area contributed by atoms with Crippen molar-refractivity contribution in [2.45, 2.75) is 13.8 Å². The topological polar surface area (TPSA) is 63.2 Å². The Balaban J connectivity index is 1.85. The van der Waals surface area contributed by atoms with Crippen LogP contribution in [0.1, 0.15) is 21.6 Å². The van der Waals surface area contributed by atoms with Gasteiger partial charge in [0.2, 0.25) is 5.88 Å². The first-order chi connectivity index (χ1) is 12.6. The number of nitrogens with one attached hydrogen (secondary N) is 2. The lowest BCUT2D eigenvalue weighted by Crippen LogP contribution is -2.15. The fourth-order valence-electron chi connectivity index (χ4n) is 2.62. The average Bonchev–Trinajstić information content (AvgIpc) is 2.65. The number of anilines is 3. The minimum absolute atomic E-state index is 0.197. The summed E-state index contributed by atoms with van der Waals surface area (Å²) < 4.78 is 5.10. The highest BCUT2D eigenvalue weighted by molar-refractivity contribution is 6.08. The standard InChI is InChI=1S/C21H21N3O2/c1-14-8-4-6-10-17(14)23-19-11-7-5-9-16(19)21(25)24-18-12-13-20(26-3)22-15(18)2/h4-13,23H,1-3H3,(H,24,25). The Bertz CT molecular complexity index is 938. The van der Waals surface area contributed by atoms with Crippen LogP contribution in [0, 0.1) is 13.8 Å². The number of nitrogens with zero attached hydrogens (tertiary/aromatic N) is 1. The van der Waals surface area contributed by atoms with Crippen molar-refractivity contribution >= 4 is 23.0 Å². The number of rotatable bonds is 5. The predicted molar refractivity (Wildman–Crippen MR) is 104 cm³/mol. The first kappa shape index (κ1) is 17.5. The number of ether oxygens (including phenoxy) is 1. The van der Waals surface area contributed by atoms with E-state index in [-0.39, 0.29) is 5.91 Å². The molecule has 0 spiro atoms. The number of amides is 1. The van der Waals surface area contributed by atoms with Gasteiger partial charge in [-0.2, -0.15) is 0 Å². The fraction of sp³-hybridized carbons (Fsp3) is 0.143. The normalized spacial score (nSPS) is 10.3. The third kappa shape index (κ3) is 3.83. The first-order valence-corrected chi connectivity index (χ1v) is 8.33. The molecular weight excluding hydrogens is 326 g/mol. The molecule has 0 atom stereocenters. The minimum Gasteiger partial charge on any atom is -0.481 e. The van der Waals surface area contributed by atoms with Crippen molar-refractivity contribution in [1.29, 1.82) is 0 Å². The van der Waals surface area contributed by atoms with E-state index >= 15 is 0 Å². The molecule has 5 heteroatoms. The molecule has 1 amide bonds. The molecule has 0 aliphatic rings. The summed E-state index contributed by atoms with van der Waals surface area (Å²) in [6.45, 7) is 3.85. The van der Waals surface area contributed by atoms with Crippen LogP contribution in [0.3, 0.4) is 0 Å². The van der Waals surface area contributed by atoms with E-state index in [1.807, 2.05) is 56.3 Å². The molecule has 3 rings (SSSR count). The number of para-hydroxylation sites is 2. The SMILES string of the molecule is COc1ccc(NC(=O)c2ccccc2Nc2ccccc2C)c(C)n1. The average molecular weight is 347 g/mol. The third-order valence-electron chi connectivity index (χ3n) is 4.10. The van der Waals surface area contributed by atoms with Crippen molar-refractivity contribution in [1.82, 2.24) is 4.98 Å². The van der Waals surface area contributed by atoms with Gasteiger partial charge >= 0.3 is 0 Å². The fourth-order valence-corrected chi connectivity index (χ4v) is 2.62. The molecule has 2 N–H and O–H groups in total. The maximum absolute atomic E-state index is 12.8. The number of carbonyl (C=O) groups excluding carboxylic acids is 1. The molecule has 3 aromatic rings. The number of benzene rings is 2. The van der Waals surface area contributed by atoms with Crippen LogP contribution in [-0.2, 0) is 0 Å². The number of pyridine rings is 1. The highest BCUT2D eigenvalue weighted by Gasteiger charge is 2.13. The summed E-state index contributed by atoms with van der Waals surface area (Å²) in [6, 6.07) is 18.9. The van der Waals surface area contributed by atoms with Crippen LogP contribution in [-0.4, -0.2) is 18.0 Å². The Kier molecular flexibility index (Phi) is 5.17. The monoisotopic (exact) mass is 347 g/mol. The van der Waals surface area contributed by atoms with Gasteiger partial charge < -0.3 is 15.4 Å². The molecule has 132 valence electrons. The van der Waals surface area contributed by atoms with Gasteiger partial charge in [-0.3, -0.25) is 4.79 Å². The lowest BCUT2D eigenvalue weighted by molar-refractivity contribution is 0.102. The molecule has 1 aromatic heterocycles. The van der Waals surface area contributed by atoms with Crippen LogP contribution in [0.5, 0.6) is 5.88 Å². The summed E-state index contributed by atoms with van der Waals surface area (Å²) in [5.41, 5.74) is 4.74. The molecule has 0 saturated heterocycles. The van der Waals surface area contributed by atoms with Crippen molar-refractivity contribution < 1.29 is 9.53 Å². The lowest BCUT2D eigenvalue weighted by atomic mass is 10.1. The van der Waals surface area contributed by atoms with Gasteiger partial charge in [0.1, 0.15) is 0 Å². The van der Waals surface area contributed by atoms with Gasteiger partial charge in [0.15, 0.2) is 0 Å². The zero-order valence-corrected chi connectivity index (χ0v) is 15.0. The lowest BCUT2D eigenvalue weighted by Gasteiger charge is -2.14. The quantitative estimate of drug-likeness (QED) is 0.702. The van der Waals surface area contributed by atoms with E-state index in [1.54, 1.807) is 25.3 Å². The zero-order chi connectivity index (χ0) is 18.5. The van der Waals surface area contributed by atoms with Crippen molar-refractivity contribution in [2.24, 2.45) is 0 Å². The molecule has 0 bridgehead atoms. The minimum atomic E-state index is -0.197. The molecule has 2 aromatic carbocycles. The Labute approximate surface area is 153 Å². The van der Waals surface area contributed by atoms with Gasteiger partial charge in [0.25, 0.3) is 5.91 Å². The number of hydrogen-bond acceptors (Lipinski definition) is 4. The van der Waals surface area contributed by atoms with Crippen molar-refractivity contribution in [3.63, 3.8) is 0 Å². The first-order valence-electron chi connectivity index (χ1n) is 8.33. The summed E-state index contributed by atoms with van der Waals surface area (Å²) in [4.78, 5) is 17.1. The van der Waals surface area contributed by atoms with Gasteiger partial charge in [0, 0.05) is 11.8 Å². The van der Waals surface area contributed by atoms with E-state index < -0.39 is 0 Å². The van der Waals surface area contributed by atoms with Crippen LogP contribution in [0.4, 0.5) is 17.1 Å². The Morgan fingerprint density at radius 1 is 0.885 bits per heavy atom. The maximum Gasteiger partial charge on any atom is 0.257 e. The second kappa shape index (κ2) is 7.70. The van der Waals surface area contributed by atoms with Crippen LogP contribution < -0.4 is 15.4 Å². The Morgan fingerprint density at radius 2 is 1.58 bits per heavy atom. The summed E-state index contributed by atoms with van der Waals surface area (Å²) in [5, 5.41) is 6.27. The van der Waals surface area contributed by atoms with E-state index in [9.17, 15) is 4.79 Å². The molecule has 5 nitrogen and oxygen atoms in total. The van der Waals surface area contributed by atoms with Crippen LogP contribution in [0.15, 0.2) is 60.7 Å². The zero-order valence-electron chi connectivity index (χ0n) is 15.0. The number of methoxy groups -OCH3 is 1. The molecule has 0 radical (unpaired) electrons. The summed E-state index contributed by atoms with van der Waals surface area (Å²) >= 11 is 0. The van der Waals surface area contributed by atoms with Crippen LogP contribution in [0.25, 0.3) is 0 Å². The van der Waals surface area contributed by atoms with E-state index in [0.717, 1.165) is 16.9 Å². The van der Waals surface area contributed by atoms with Crippen molar-refractivity contribution in [2.75, 3.05) is 17.7 Å². The van der Waals surface area contributed by atoms with Gasteiger partial charge in [-0.25, -0.2) is 4.98 Å². The number of aromatic nitrogens is 1. The summed E-state index contributed by atoms with van der Waals surface area (Å²) in [6.07, 6.45) is 0. The van der Waals surface area contributed by atoms with Crippen LogP contribution in [0.2, 0.25) is 0 Å². The van der Waals surface area contributed by atoms with Gasteiger partial charge in [-0.15, -0.1) is 0 Å². The molecule has 26 heavy (non-hydrogen) atoms. The Hall–Kier alpha value is -3.34. The molecule has 0 saturated carbocycles. The van der Waals surface area contributed by atoms with E-state index in [0.29, 0.717) is 22.8 Å². The molecule has 1 heterocycles. The summed E-state index contributed by atoms with van der Waals surface area (Å²) in [7, 11) is 1.56. The van der Waals surface area contributed by atoms with Crippen LogP contribution >= 0.6 is 0 Å². The number of aryl methyl sites for hydroxylation is 2. The summed E-state index contributed by atoms with van der Waals surface area (Å²) in [5.74, 6) is 0.318. The number of carbonyl (C=O) groups is 1. The second-order valence-electron chi connectivity index (χ2n) is 5.93. The Morgan fingerprint density at radius 3 is 2.27 bits per heavy atom. The van der Waals surface area contributed by atoms with E-state index in [4.69, 9.17) is 4.74 Å². The second-order valence-corrected chi connectivity index (χ2v) is 5.93. The number of hydrogen-bond donors (Lipinski definition) is 2. The highest BCUT2D eigenvalue weighted by Crippen LogP contribution is 2.25. The van der Waals surface area contributed by atoms with Gasteiger partial charge in [-0.05, 0) is 43.7 Å².